The molecule has 1 saturated heterocycles. The third-order valence-electron chi connectivity index (χ3n) is 2.94. The molecule has 3 N–H and O–H groups in total. The van der Waals surface area contributed by atoms with Crippen LogP contribution in [0, 0.1) is 0 Å². The lowest BCUT2D eigenvalue weighted by Gasteiger charge is -2.25. The van der Waals surface area contributed by atoms with Crippen LogP contribution in [-0.4, -0.2) is 39.9 Å². The van der Waals surface area contributed by atoms with E-state index in [0.717, 1.165) is 11.8 Å². The predicted octanol–water partition coefficient (Wildman–Crippen LogP) is 2.01. The average molecular weight is 363 g/mol. The number of aliphatic carboxylic acids is 1. The van der Waals surface area contributed by atoms with Crippen LogP contribution in [0.1, 0.15) is 6.42 Å². The molecule has 1 aliphatic rings. The number of hydrogen-bond donors (Lipinski definition) is 3. The van der Waals surface area contributed by atoms with E-state index in [9.17, 15) is 14.4 Å². The summed E-state index contributed by atoms with van der Waals surface area (Å²) in [5, 5.41) is 13.9. The molecule has 118 valence electrons. The van der Waals surface area contributed by atoms with Crippen molar-refractivity contribution in [1.29, 1.82) is 0 Å². The van der Waals surface area contributed by atoms with Crippen molar-refractivity contribution < 1.29 is 19.5 Å². The van der Waals surface area contributed by atoms with Crippen LogP contribution in [-0.2, 0) is 14.4 Å². The van der Waals surface area contributed by atoms with E-state index < -0.39 is 29.1 Å². The zero-order valence-electron chi connectivity index (χ0n) is 11.1. The molecule has 9 heteroatoms. The van der Waals surface area contributed by atoms with Gasteiger partial charge in [-0.2, -0.15) is 0 Å². The van der Waals surface area contributed by atoms with E-state index in [0.29, 0.717) is 15.7 Å². The van der Waals surface area contributed by atoms with Crippen molar-refractivity contribution in [1.82, 2.24) is 5.32 Å². The van der Waals surface area contributed by atoms with Gasteiger partial charge in [0.1, 0.15) is 6.04 Å². The fourth-order valence-corrected chi connectivity index (χ4v) is 3.32. The minimum absolute atomic E-state index is 0.0777. The standard InChI is InChI=1S/C13H12Cl2N2O4S/c14-6-1-2-7(15)8(3-6)16-11(18)4-10-12(19)17-9(5-22-10)13(20)21/h1-3,9-10H,4-5H2,(H,16,18)(H,17,19)(H,20,21)/t9-,10-/m1/s1. The smallest absolute Gasteiger partial charge is 0.327 e. The van der Waals surface area contributed by atoms with Gasteiger partial charge >= 0.3 is 5.97 Å². The van der Waals surface area contributed by atoms with Gasteiger partial charge in [0, 0.05) is 17.2 Å². The minimum Gasteiger partial charge on any atom is -0.480 e. The van der Waals surface area contributed by atoms with Crippen LogP contribution in [0.3, 0.4) is 0 Å². The number of carboxylic acids is 1. The Hall–Kier alpha value is -1.44. The number of halogens is 2. The van der Waals surface area contributed by atoms with Crippen LogP contribution < -0.4 is 10.6 Å². The summed E-state index contributed by atoms with van der Waals surface area (Å²) in [6, 6.07) is 3.74. The highest BCUT2D eigenvalue weighted by molar-refractivity contribution is 8.00. The van der Waals surface area contributed by atoms with E-state index in [4.69, 9.17) is 28.3 Å². The number of nitrogens with one attached hydrogen (secondary N) is 2. The average Bonchev–Trinajstić information content (AvgIpc) is 2.45. The molecule has 1 aromatic carbocycles. The molecule has 0 unspecified atom stereocenters. The van der Waals surface area contributed by atoms with Crippen molar-refractivity contribution in [2.24, 2.45) is 0 Å². The van der Waals surface area contributed by atoms with Gasteiger partial charge in [-0.15, -0.1) is 11.8 Å². The molecule has 22 heavy (non-hydrogen) atoms. The summed E-state index contributed by atoms with van der Waals surface area (Å²) in [4.78, 5) is 34.6. The van der Waals surface area contributed by atoms with Gasteiger partial charge < -0.3 is 15.7 Å². The molecule has 2 rings (SSSR count). The number of carbonyl (C=O) groups is 3. The van der Waals surface area contributed by atoms with Gasteiger partial charge in [-0.25, -0.2) is 4.79 Å². The molecule has 0 aromatic heterocycles. The van der Waals surface area contributed by atoms with Gasteiger partial charge in [-0.05, 0) is 18.2 Å². The maximum atomic E-state index is 12.0. The summed E-state index contributed by atoms with van der Waals surface area (Å²) < 4.78 is 0. The highest BCUT2D eigenvalue weighted by Gasteiger charge is 2.33. The monoisotopic (exact) mass is 362 g/mol. The number of carbonyl (C=O) groups excluding carboxylic acids is 2. The number of benzene rings is 1. The highest BCUT2D eigenvalue weighted by Crippen LogP contribution is 2.27. The molecular weight excluding hydrogens is 351 g/mol. The van der Waals surface area contributed by atoms with Gasteiger partial charge in [0.05, 0.1) is 16.0 Å². The Morgan fingerprint density at radius 2 is 2.14 bits per heavy atom. The lowest BCUT2D eigenvalue weighted by atomic mass is 10.2. The van der Waals surface area contributed by atoms with E-state index in [1.165, 1.54) is 6.07 Å². The molecule has 0 saturated carbocycles. The molecule has 2 atom stereocenters. The van der Waals surface area contributed by atoms with Crippen molar-refractivity contribution >= 4 is 58.4 Å². The normalized spacial score (nSPS) is 21.1. The zero-order chi connectivity index (χ0) is 16.3. The van der Waals surface area contributed by atoms with Gasteiger partial charge in [0.15, 0.2) is 0 Å². The molecule has 2 amide bonds. The number of carboxylic acid groups (broad SMARTS) is 1. The predicted molar refractivity (Wildman–Crippen MR) is 85.5 cm³/mol. The Labute approximate surface area is 140 Å². The molecule has 1 heterocycles. The Morgan fingerprint density at radius 1 is 1.41 bits per heavy atom. The first kappa shape index (κ1) is 16.9. The van der Waals surface area contributed by atoms with E-state index in [1.54, 1.807) is 12.1 Å². The second-order valence-electron chi connectivity index (χ2n) is 4.60. The van der Waals surface area contributed by atoms with Crippen LogP contribution in [0.4, 0.5) is 5.69 Å². The lowest BCUT2D eigenvalue weighted by molar-refractivity contribution is -0.141. The summed E-state index contributed by atoms with van der Waals surface area (Å²) in [7, 11) is 0. The van der Waals surface area contributed by atoms with Crippen molar-refractivity contribution in [3.8, 4) is 0 Å². The second-order valence-corrected chi connectivity index (χ2v) is 6.68. The number of thioether (sulfide) groups is 1. The number of amides is 2. The summed E-state index contributed by atoms with van der Waals surface area (Å²) in [5.74, 6) is -1.73. The summed E-state index contributed by atoms with van der Waals surface area (Å²) >= 11 is 12.9. The van der Waals surface area contributed by atoms with Crippen LogP contribution in [0.5, 0.6) is 0 Å². The zero-order valence-corrected chi connectivity index (χ0v) is 13.5. The Balaban J connectivity index is 1.94. The largest absolute Gasteiger partial charge is 0.480 e. The third kappa shape index (κ3) is 4.28. The van der Waals surface area contributed by atoms with Crippen molar-refractivity contribution in [2.75, 3.05) is 11.1 Å². The summed E-state index contributed by atoms with van der Waals surface area (Å²) in [5.41, 5.74) is 0.365. The third-order valence-corrected chi connectivity index (χ3v) is 4.82. The SMILES string of the molecule is O=C(C[C@H]1SC[C@H](C(=O)O)NC1=O)Nc1cc(Cl)ccc1Cl. The number of hydrogen-bond acceptors (Lipinski definition) is 4. The number of rotatable bonds is 4. The van der Waals surface area contributed by atoms with E-state index in [-0.39, 0.29) is 12.2 Å². The van der Waals surface area contributed by atoms with E-state index >= 15 is 0 Å². The van der Waals surface area contributed by atoms with Crippen LogP contribution in [0.25, 0.3) is 0 Å². The lowest BCUT2D eigenvalue weighted by Crippen LogP contribution is -2.51. The molecule has 1 fully saturated rings. The maximum absolute atomic E-state index is 12.0. The molecule has 6 nitrogen and oxygen atoms in total. The minimum atomic E-state index is -1.09. The Morgan fingerprint density at radius 3 is 2.77 bits per heavy atom. The summed E-state index contributed by atoms with van der Waals surface area (Å²) in [6.07, 6.45) is -0.0777. The van der Waals surface area contributed by atoms with Gasteiger partial charge in [-0.1, -0.05) is 23.2 Å². The molecular formula is C13H12Cl2N2O4S. The fourth-order valence-electron chi connectivity index (χ4n) is 1.84. The molecule has 1 aromatic rings. The highest BCUT2D eigenvalue weighted by atomic mass is 35.5. The van der Waals surface area contributed by atoms with E-state index in [1.807, 2.05) is 0 Å². The fraction of sp³-hybridized carbons (Fsp3) is 0.308. The maximum Gasteiger partial charge on any atom is 0.327 e. The Bertz CT molecular complexity index is 626. The molecule has 0 bridgehead atoms. The molecule has 0 radical (unpaired) electrons. The molecule has 0 spiro atoms. The van der Waals surface area contributed by atoms with Gasteiger partial charge in [0.2, 0.25) is 11.8 Å². The van der Waals surface area contributed by atoms with Gasteiger partial charge in [-0.3, -0.25) is 9.59 Å². The van der Waals surface area contributed by atoms with Crippen LogP contribution in [0.15, 0.2) is 18.2 Å². The first-order valence-corrected chi connectivity index (χ1v) is 8.07. The number of anilines is 1. The van der Waals surface area contributed by atoms with Crippen LogP contribution in [0.2, 0.25) is 10.0 Å². The quantitative estimate of drug-likeness (QED) is 0.761. The summed E-state index contributed by atoms with van der Waals surface area (Å²) in [6.45, 7) is 0. The topological polar surface area (TPSA) is 95.5 Å². The second kappa shape index (κ2) is 7.21. The van der Waals surface area contributed by atoms with Gasteiger partial charge in [0.25, 0.3) is 0 Å². The van der Waals surface area contributed by atoms with Crippen molar-refractivity contribution in [2.45, 2.75) is 17.7 Å². The van der Waals surface area contributed by atoms with Crippen LogP contribution >= 0.6 is 35.0 Å². The molecule has 0 aliphatic carbocycles. The first-order chi connectivity index (χ1) is 10.4. The van der Waals surface area contributed by atoms with E-state index in [2.05, 4.69) is 10.6 Å². The van der Waals surface area contributed by atoms with Crippen molar-refractivity contribution in [3.05, 3.63) is 28.2 Å². The Kier molecular flexibility index (Phi) is 5.55. The van der Waals surface area contributed by atoms with Crippen molar-refractivity contribution in [3.63, 3.8) is 0 Å². The first-order valence-electron chi connectivity index (χ1n) is 6.26. The molecule has 1 aliphatic heterocycles.